The number of alkyl halides is 5. The summed E-state index contributed by atoms with van der Waals surface area (Å²) in [6.07, 6.45) is -2.12. The SMILES string of the molecule is CC(C)(C[C@H](NC(=O)c1nonc1C1CC1)c1nc2ccc([C@H](NC(=O)CC3CC(F)(F)C3)C3CC3)cc2[nH]1)C(F)(F)F. The van der Waals surface area contributed by atoms with E-state index in [9.17, 15) is 31.5 Å². The van der Waals surface area contributed by atoms with Crippen LogP contribution in [0.1, 0.15) is 111 Å². The van der Waals surface area contributed by atoms with E-state index in [0.717, 1.165) is 45.1 Å². The molecule has 6 rings (SSSR count). The summed E-state index contributed by atoms with van der Waals surface area (Å²) in [5, 5.41) is 13.2. The summed E-state index contributed by atoms with van der Waals surface area (Å²) < 4.78 is 73.0. The highest BCUT2D eigenvalue weighted by molar-refractivity contribution is 5.93. The monoisotopic (exact) mass is 608 g/mol. The molecule has 3 N–H and O–H groups in total. The number of aromatic amines is 1. The van der Waals surface area contributed by atoms with E-state index in [1.54, 1.807) is 18.2 Å². The van der Waals surface area contributed by atoms with Crippen LogP contribution in [0.3, 0.4) is 0 Å². The van der Waals surface area contributed by atoms with Crippen LogP contribution in [-0.2, 0) is 4.79 Å². The zero-order valence-electron chi connectivity index (χ0n) is 23.7. The largest absolute Gasteiger partial charge is 0.394 e. The number of rotatable bonds is 11. The number of amides is 2. The molecule has 0 spiro atoms. The molecular formula is C29H33F5N6O3. The molecule has 2 aromatic heterocycles. The predicted octanol–water partition coefficient (Wildman–Crippen LogP) is 6.28. The van der Waals surface area contributed by atoms with Crippen molar-refractivity contribution in [3.8, 4) is 0 Å². The topological polar surface area (TPSA) is 126 Å². The normalized spacial score (nSPS) is 20.4. The molecule has 3 aliphatic carbocycles. The molecule has 1 aromatic carbocycles. The molecule has 3 aromatic rings. The maximum atomic E-state index is 13.9. The Morgan fingerprint density at radius 2 is 1.81 bits per heavy atom. The Kier molecular flexibility index (Phi) is 7.23. The number of benzene rings is 1. The molecule has 43 heavy (non-hydrogen) atoms. The van der Waals surface area contributed by atoms with Gasteiger partial charge in [0.25, 0.3) is 5.91 Å². The first-order valence-corrected chi connectivity index (χ1v) is 14.6. The highest BCUT2D eigenvalue weighted by atomic mass is 19.4. The van der Waals surface area contributed by atoms with Gasteiger partial charge >= 0.3 is 6.18 Å². The summed E-state index contributed by atoms with van der Waals surface area (Å²) in [6, 6.07) is 3.81. The maximum Gasteiger partial charge on any atom is 0.394 e. The van der Waals surface area contributed by atoms with Gasteiger partial charge in [0.05, 0.1) is 28.5 Å². The van der Waals surface area contributed by atoms with E-state index in [0.29, 0.717) is 16.7 Å². The molecule has 2 atom stereocenters. The van der Waals surface area contributed by atoms with Gasteiger partial charge in [0.1, 0.15) is 11.5 Å². The highest BCUT2D eigenvalue weighted by Crippen LogP contribution is 2.46. The van der Waals surface area contributed by atoms with Crippen molar-refractivity contribution in [2.24, 2.45) is 17.3 Å². The minimum atomic E-state index is -4.55. The molecule has 232 valence electrons. The molecular weight excluding hydrogens is 575 g/mol. The van der Waals surface area contributed by atoms with Gasteiger partial charge in [-0.05, 0) is 66.8 Å². The van der Waals surface area contributed by atoms with Gasteiger partial charge in [0, 0.05) is 25.2 Å². The average Bonchev–Trinajstić information content (AvgIpc) is 3.83. The van der Waals surface area contributed by atoms with Crippen molar-refractivity contribution in [3.05, 3.63) is 41.0 Å². The van der Waals surface area contributed by atoms with Crippen molar-refractivity contribution in [1.29, 1.82) is 0 Å². The van der Waals surface area contributed by atoms with Crippen molar-refractivity contribution >= 4 is 22.8 Å². The van der Waals surface area contributed by atoms with E-state index in [1.165, 1.54) is 0 Å². The molecule has 9 nitrogen and oxygen atoms in total. The van der Waals surface area contributed by atoms with Crippen molar-refractivity contribution in [3.63, 3.8) is 0 Å². The summed E-state index contributed by atoms with van der Waals surface area (Å²) in [7, 11) is 0. The number of imidazole rings is 1. The molecule has 3 aliphatic rings. The maximum absolute atomic E-state index is 13.9. The third kappa shape index (κ3) is 6.37. The van der Waals surface area contributed by atoms with E-state index in [-0.39, 0.29) is 60.5 Å². The second-order valence-corrected chi connectivity index (χ2v) is 13.0. The van der Waals surface area contributed by atoms with Gasteiger partial charge in [0.15, 0.2) is 5.69 Å². The van der Waals surface area contributed by atoms with E-state index >= 15 is 0 Å². The average molecular weight is 609 g/mol. The molecule has 0 saturated heterocycles. The first-order valence-electron chi connectivity index (χ1n) is 14.6. The minimum Gasteiger partial charge on any atom is -0.349 e. The summed E-state index contributed by atoms with van der Waals surface area (Å²) in [4.78, 5) is 33.5. The fraction of sp³-hybridized carbons (Fsp3) is 0.621. The number of fused-ring (bicyclic) bond motifs is 1. The van der Waals surface area contributed by atoms with Crippen molar-refractivity contribution in [1.82, 2.24) is 30.9 Å². The lowest BCUT2D eigenvalue weighted by molar-refractivity contribution is -0.215. The van der Waals surface area contributed by atoms with Crippen LogP contribution in [0.15, 0.2) is 22.8 Å². The number of halogens is 5. The summed E-state index contributed by atoms with van der Waals surface area (Å²) >= 11 is 0. The van der Waals surface area contributed by atoms with Gasteiger partial charge in [0.2, 0.25) is 11.8 Å². The fourth-order valence-electron chi connectivity index (χ4n) is 5.78. The lowest BCUT2D eigenvalue weighted by atomic mass is 9.79. The van der Waals surface area contributed by atoms with E-state index < -0.39 is 35.9 Å². The van der Waals surface area contributed by atoms with Gasteiger partial charge in [-0.1, -0.05) is 25.1 Å². The Balaban J connectivity index is 1.24. The molecule has 2 heterocycles. The first-order chi connectivity index (χ1) is 20.2. The lowest BCUT2D eigenvalue weighted by Crippen LogP contribution is -2.39. The van der Waals surface area contributed by atoms with Gasteiger partial charge in [-0.2, -0.15) is 13.2 Å². The number of aromatic nitrogens is 4. The number of carbonyl (C=O) groups is 2. The predicted molar refractivity (Wildman–Crippen MR) is 143 cm³/mol. The Labute approximate surface area is 243 Å². The molecule has 0 unspecified atom stereocenters. The molecule has 14 heteroatoms. The van der Waals surface area contributed by atoms with Crippen LogP contribution in [0.25, 0.3) is 11.0 Å². The van der Waals surface area contributed by atoms with Gasteiger partial charge in [-0.3, -0.25) is 9.59 Å². The quantitative estimate of drug-likeness (QED) is 0.220. The van der Waals surface area contributed by atoms with Crippen LogP contribution in [-0.4, -0.2) is 44.2 Å². The van der Waals surface area contributed by atoms with Crippen molar-refractivity contribution in [2.45, 2.75) is 95.3 Å². The van der Waals surface area contributed by atoms with E-state index in [4.69, 9.17) is 4.63 Å². The lowest BCUT2D eigenvalue weighted by Gasteiger charge is -2.34. The van der Waals surface area contributed by atoms with E-state index in [1.807, 2.05) is 0 Å². The van der Waals surface area contributed by atoms with Crippen molar-refractivity contribution < 1.29 is 36.2 Å². The van der Waals surface area contributed by atoms with Crippen LogP contribution < -0.4 is 10.6 Å². The third-order valence-electron chi connectivity index (χ3n) is 8.75. The summed E-state index contributed by atoms with van der Waals surface area (Å²) in [5.41, 5.74) is -0.0537. The zero-order chi connectivity index (χ0) is 30.7. The van der Waals surface area contributed by atoms with Crippen LogP contribution in [0.2, 0.25) is 0 Å². The van der Waals surface area contributed by atoms with Gasteiger partial charge in [-0.15, -0.1) is 0 Å². The molecule has 3 saturated carbocycles. The van der Waals surface area contributed by atoms with Crippen LogP contribution in [0.5, 0.6) is 0 Å². The number of hydrogen-bond acceptors (Lipinski definition) is 6. The molecule has 0 bridgehead atoms. The minimum absolute atomic E-state index is 0.0368. The number of carbonyl (C=O) groups excluding carboxylic acids is 2. The second kappa shape index (κ2) is 10.5. The molecule has 2 amide bonds. The Morgan fingerprint density at radius 3 is 2.44 bits per heavy atom. The Morgan fingerprint density at radius 1 is 1.09 bits per heavy atom. The smallest absolute Gasteiger partial charge is 0.349 e. The Hall–Kier alpha value is -3.58. The van der Waals surface area contributed by atoms with Crippen LogP contribution in [0.4, 0.5) is 22.0 Å². The third-order valence-corrected chi connectivity index (χ3v) is 8.75. The number of hydrogen-bond donors (Lipinski definition) is 3. The molecule has 3 fully saturated rings. The Bertz CT molecular complexity index is 1520. The van der Waals surface area contributed by atoms with Crippen LogP contribution in [0, 0.1) is 17.3 Å². The van der Waals surface area contributed by atoms with Gasteiger partial charge in [-0.25, -0.2) is 18.4 Å². The standard InChI is InChI=1S/C29H33F5N6O3/c1-27(2,29(32,33)34)13-20(37-26(42)24-23(16-5-6-16)39-43-40-24)25-35-18-8-7-17(10-19(18)36-25)22(15-3-4-15)38-21(41)9-14-11-28(30,31)12-14/h7-8,10,14-16,20,22H,3-6,9,11-13H2,1-2H3,(H,35,36)(H,37,42)(H,38,41)/t20-,22+/m0/s1. The van der Waals surface area contributed by atoms with Gasteiger partial charge < -0.3 is 15.6 Å². The molecule has 0 radical (unpaired) electrons. The number of nitrogens with zero attached hydrogens (tertiary/aromatic N) is 3. The zero-order valence-corrected chi connectivity index (χ0v) is 23.7. The second-order valence-electron chi connectivity index (χ2n) is 13.0. The van der Waals surface area contributed by atoms with Crippen LogP contribution >= 0.6 is 0 Å². The number of H-pyrrole nitrogens is 1. The summed E-state index contributed by atoms with van der Waals surface area (Å²) in [5.74, 6) is -3.64. The first kappa shape index (κ1) is 29.5. The number of nitrogens with one attached hydrogen (secondary N) is 3. The molecule has 0 aliphatic heterocycles. The van der Waals surface area contributed by atoms with Crippen molar-refractivity contribution in [2.75, 3.05) is 0 Å². The highest BCUT2D eigenvalue weighted by Gasteiger charge is 2.49. The summed E-state index contributed by atoms with van der Waals surface area (Å²) in [6.45, 7) is 2.13. The fourth-order valence-corrected chi connectivity index (χ4v) is 5.78. The van der Waals surface area contributed by atoms with E-state index in [2.05, 4.69) is 30.9 Å².